The van der Waals surface area contributed by atoms with Crippen molar-refractivity contribution in [2.24, 2.45) is 0 Å². The molecular formula is C16H25ClN2O4S. The quantitative estimate of drug-likeness (QED) is 0.624. The van der Waals surface area contributed by atoms with E-state index in [2.05, 4.69) is 9.62 Å². The van der Waals surface area contributed by atoms with Gasteiger partial charge in [-0.05, 0) is 30.5 Å². The van der Waals surface area contributed by atoms with E-state index in [0.29, 0.717) is 25.6 Å². The van der Waals surface area contributed by atoms with Crippen molar-refractivity contribution in [1.82, 2.24) is 9.62 Å². The predicted molar refractivity (Wildman–Crippen MR) is 93.9 cm³/mol. The summed E-state index contributed by atoms with van der Waals surface area (Å²) in [6, 6.07) is 6.76. The summed E-state index contributed by atoms with van der Waals surface area (Å²) < 4.78 is 32.3. The van der Waals surface area contributed by atoms with Crippen LogP contribution in [0.2, 0.25) is 0 Å². The Bertz CT molecular complexity index is 589. The summed E-state index contributed by atoms with van der Waals surface area (Å²) >= 11 is 5.66. The molecule has 0 amide bonds. The third-order valence-corrected chi connectivity index (χ3v) is 5.62. The van der Waals surface area contributed by atoms with Crippen LogP contribution in [-0.4, -0.2) is 69.8 Å². The maximum atomic E-state index is 12.3. The highest BCUT2D eigenvalue weighted by atomic mass is 35.5. The SMILES string of the molecule is O=S(=O)(NC[C@@H](O)CN1CCOCC1)c1ccc(CCCCl)cc1. The number of benzene rings is 1. The van der Waals surface area contributed by atoms with Gasteiger partial charge in [0.15, 0.2) is 0 Å². The Morgan fingerprint density at radius 2 is 1.92 bits per heavy atom. The fraction of sp³-hybridized carbons (Fsp3) is 0.625. The number of aliphatic hydroxyl groups is 1. The number of alkyl halides is 1. The second-order valence-corrected chi connectivity index (χ2v) is 8.00. The van der Waals surface area contributed by atoms with Crippen molar-refractivity contribution in [2.75, 3.05) is 45.3 Å². The normalized spacial score (nSPS) is 17.8. The molecule has 1 fully saturated rings. The largest absolute Gasteiger partial charge is 0.390 e. The zero-order chi connectivity index (χ0) is 17.4. The van der Waals surface area contributed by atoms with Gasteiger partial charge < -0.3 is 9.84 Å². The number of nitrogens with one attached hydrogen (secondary N) is 1. The lowest BCUT2D eigenvalue weighted by Gasteiger charge is -2.28. The number of hydrogen-bond donors (Lipinski definition) is 2. The van der Waals surface area contributed by atoms with E-state index < -0.39 is 16.1 Å². The number of aryl methyl sites for hydroxylation is 1. The van der Waals surface area contributed by atoms with Crippen molar-refractivity contribution in [3.8, 4) is 0 Å². The number of nitrogens with zero attached hydrogens (tertiary/aromatic N) is 1. The lowest BCUT2D eigenvalue weighted by molar-refractivity contribution is 0.0158. The molecule has 1 aliphatic heterocycles. The van der Waals surface area contributed by atoms with Gasteiger partial charge in [0, 0.05) is 32.1 Å². The molecule has 1 aliphatic rings. The van der Waals surface area contributed by atoms with E-state index in [1.807, 2.05) is 0 Å². The van der Waals surface area contributed by atoms with Gasteiger partial charge in [0.05, 0.1) is 24.2 Å². The maximum absolute atomic E-state index is 12.3. The van der Waals surface area contributed by atoms with Crippen molar-refractivity contribution < 1.29 is 18.3 Å². The van der Waals surface area contributed by atoms with Crippen LogP contribution in [0.3, 0.4) is 0 Å². The Balaban J connectivity index is 1.83. The molecule has 24 heavy (non-hydrogen) atoms. The molecule has 0 spiro atoms. The molecule has 2 N–H and O–H groups in total. The first-order valence-corrected chi connectivity index (χ1v) is 10.2. The van der Waals surface area contributed by atoms with Crippen molar-refractivity contribution in [3.05, 3.63) is 29.8 Å². The first kappa shape index (κ1) is 19.6. The summed E-state index contributed by atoms with van der Waals surface area (Å²) in [6.07, 6.45) is 0.940. The molecule has 0 bridgehead atoms. The van der Waals surface area contributed by atoms with Gasteiger partial charge in [-0.15, -0.1) is 11.6 Å². The Morgan fingerprint density at radius 3 is 2.54 bits per heavy atom. The fourth-order valence-corrected chi connectivity index (χ4v) is 3.75. The van der Waals surface area contributed by atoms with E-state index >= 15 is 0 Å². The number of halogens is 1. The average molecular weight is 377 g/mol. The summed E-state index contributed by atoms with van der Waals surface area (Å²) in [7, 11) is -3.61. The summed E-state index contributed by atoms with van der Waals surface area (Å²) in [5.41, 5.74) is 1.06. The van der Waals surface area contributed by atoms with Crippen LogP contribution in [0.25, 0.3) is 0 Å². The van der Waals surface area contributed by atoms with Crippen molar-refractivity contribution in [1.29, 1.82) is 0 Å². The van der Waals surface area contributed by atoms with Gasteiger partial charge in [0.25, 0.3) is 0 Å². The number of ether oxygens (including phenoxy) is 1. The number of sulfonamides is 1. The van der Waals surface area contributed by atoms with Crippen LogP contribution in [0.5, 0.6) is 0 Å². The second kappa shape index (κ2) is 9.70. The van der Waals surface area contributed by atoms with E-state index in [4.69, 9.17) is 16.3 Å². The molecule has 136 valence electrons. The number of hydrogen-bond acceptors (Lipinski definition) is 5. The standard InChI is InChI=1S/C16H25ClN2O4S/c17-7-1-2-14-3-5-16(6-4-14)24(21,22)18-12-15(20)13-19-8-10-23-11-9-19/h3-6,15,18,20H,1-2,7-13H2/t15-/m1/s1. The minimum Gasteiger partial charge on any atom is -0.390 e. The molecule has 2 rings (SSSR count). The van der Waals surface area contributed by atoms with Crippen LogP contribution in [0, 0.1) is 0 Å². The number of morpholine rings is 1. The summed E-state index contributed by atoms with van der Waals surface area (Å²) in [4.78, 5) is 2.27. The summed E-state index contributed by atoms with van der Waals surface area (Å²) in [5.74, 6) is 0.586. The highest BCUT2D eigenvalue weighted by Gasteiger charge is 2.18. The van der Waals surface area contributed by atoms with Crippen LogP contribution < -0.4 is 4.72 Å². The average Bonchev–Trinajstić information content (AvgIpc) is 2.59. The number of rotatable bonds is 9. The monoisotopic (exact) mass is 376 g/mol. The third-order valence-electron chi connectivity index (χ3n) is 3.91. The molecule has 0 aromatic heterocycles. The van der Waals surface area contributed by atoms with Crippen molar-refractivity contribution in [3.63, 3.8) is 0 Å². The molecule has 8 heteroatoms. The van der Waals surface area contributed by atoms with Gasteiger partial charge in [-0.25, -0.2) is 13.1 Å². The first-order chi connectivity index (χ1) is 11.5. The van der Waals surface area contributed by atoms with Crippen LogP contribution in [0.1, 0.15) is 12.0 Å². The second-order valence-electron chi connectivity index (χ2n) is 5.86. The van der Waals surface area contributed by atoms with E-state index in [1.165, 1.54) is 0 Å². The lowest BCUT2D eigenvalue weighted by atomic mass is 10.1. The topological polar surface area (TPSA) is 78.9 Å². The first-order valence-electron chi connectivity index (χ1n) is 8.14. The predicted octanol–water partition coefficient (Wildman–Crippen LogP) is 0.829. The van der Waals surface area contributed by atoms with Crippen LogP contribution in [0.4, 0.5) is 0 Å². The molecule has 1 atom stereocenters. The molecule has 1 aromatic rings. The fourth-order valence-electron chi connectivity index (χ4n) is 2.54. The van der Waals surface area contributed by atoms with Gasteiger partial charge >= 0.3 is 0 Å². The van der Waals surface area contributed by atoms with Gasteiger partial charge in [0.1, 0.15) is 0 Å². The number of β-amino-alcohol motifs (C(OH)–C–C–N with tert-alkyl or cyclic N) is 1. The molecule has 0 unspecified atom stereocenters. The summed E-state index contributed by atoms with van der Waals surface area (Å²) in [6.45, 7) is 3.24. The Kier molecular flexibility index (Phi) is 7.93. The van der Waals surface area contributed by atoms with Gasteiger partial charge in [0.2, 0.25) is 10.0 Å². The van der Waals surface area contributed by atoms with Gasteiger partial charge in [-0.3, -0.25) is 4.90 Å². The zero-order valence-electron chi connectivity index (χ0n) is 13.7. The molecule has 0 saturated carbocycles. The molecule has 1 saturated heterocycles. The van der Waals surface area contributed by atoms with Gasteiger partial charge in [-0.2, -0.15) is 0 Å². The minimum absolute atomic E-state index is 0.00626. The molecule has 0 aliphatic carbocycles. The van der Waals surface area contributed by atoms with E-state index in [9.17, 15) is 13.5 Å². The number of aliphatic hydroxyl groups excluding tert-OH is 1. The van der Waals surface area contributed by atoms with Crippen LogP contribution in [0.15, 0.2) is 29.2 Å². The van der Waals surface area contributed by atoms with E-state index in [1.54, 1.807) is 24.3 Å². The van der Waals surface area contributed by atoms with E-state index in [0.717, 1.165) is 31.5 Å². The highest BCUT2D eigenvalue weighted by molar-refractivity contribution is 7.89. The summed E-state index contributed by atoms with van der Waals surface area (Å²) in [5, 5.41) is 10.0. The van der Waals surface area contributed by atoms with E-state index in [-0.39, 0.29) is 11.4 Å². The zero-order valence-corrected chi connectivity index (χ0v) is 15.2. The van der Waals surface area contributed by atoms with Crippen LogP contribution >= 0.6 is 11.6 Å². The Morgan fingerprint density at radius 1 is 1.25 bits per heavy atom. The lowest BCUT2D eigenvalue weighted by Crippen LogP contribution is -2.44. The maximum Gasteiger partial charge on any atom is 0.240 e. The molecule has 0 radical (unpaired) electrons. The Labute approximate surface area is 148 Å². The highest BCUT2D eigenvalue weighted by Crippen LogP contribution is 2.12. The molecule has 1 aromatic carbocycles. The van der Waals surface area contributed by atoms with Crippen molar-refractivity contribution in [2.45, 2.75) is 23.8 Å². The van der Waals surface area contributed by atoms with Gasteiger partial charge in [-0.1, -0.05) is 12.1 Å². The third kappa shape index (κ3) is 6.31. The molecule has 6 nitrogen and oxygen atoms in total. The van der Waals surface area contributed by atoms with Crippen molar-refractivity contribution >= 4 is 21.6 Å². The molecule has 1 heterocycles. The smallest absolute Gasteiger partial charge is 0.240 e. The molecular weight excluding hydrogens is 352 g/mol. The minimum atomic E-state index is -3.61. The Hall–Kier alpha value is -0.700. The van der Waals surface area contributed by atoms with Crippen LogP contribution in [-0.2, 0) is 21.2 Å².